The molecule has 0 fully saturated rings. The Kier molecular flexibility index (Phi) is 8.02. The molecule has 0 aliphatic carbocycles. The third-order valence-corrected chi connectivity index (χ3v) is 6.86. The van der Waals surface area contributed by atoms with E-state index in [4.69, 9.17) is 4.74 Å². The standard InChI is InChI=1S/C23H22BrN3O4S/c1-2-31-20-14-12-19(13-15-20)27(32(29,30)21-9-4-3-5-10-21)17-23(28)26-25-16-18-8-6-7-11-22(18)24/h3-16H,2,17H2,1H3,(H,26,28)/b25-16-. The molecule has 0 atom stereocenters. The van der Waals surface area contributed by atoms with Crippen molar-refractivity contribution in [3.63, 3.8) is 0 Å². The number of hydrogen-bond donors (Lipinski definition) is 1. The van der Waals surface area contributed by atoms with Gasteiger partial charge >= 0.3 is 0 Å². The lowest BCUT2D eigenvalue weighted by atomic mass is 10.2. The number of nitrogens with zero attached hydrogens (tertiary/aromatic N) is 2. The number of rotatable bonds is 9. The minimum Gasteiger partial charge on any atom is -0.494 e. The number of benzene rings is 3. The Labute approximate surface area is 195 Å². The van der Waals surface area contributed by atoms with E-state index in [9.17, 15) is 13.2 Å². The van der Waals surface area contributed by atoms with Crippen molar-refractivity contribution in [3.8, 4) is 5.75 Å². The van der Waals surface area contributed by atoms with Crippen molar-refractivity contribution in [1.82, 2.24) is 5.43 Å². The minimum absolute atomic E-state index is 0.0819. The van der Waals surface area contributed by atoms with Gasteiger partial charge in [-0.2, -0.15) is 5.10 Å². The number of carbonyl (C=O) groups excluding carboxylic acids is 1. The first-order valence-electron chi connectivity index (χ1n) is 9.79. The van der Waals surface area contributed by atoms with Gasteiger partial charge in [-0.25, -0.2) is 13.8 Å². The van der Waals surface area contributed by atoms with Gasteiger partial charge in [0.1, 0.15) is 12.3 Å². The molecule has 166 valence electrons. The minimum atomic E-state index is -3.99. The summed E-state index contributed by atoms with van der Waals surface area (Å²) in [4.78, 5) is 12.7. The summed E-state index contributed by atoms with van der Waals surface area (Å²) >= 11 is 3.40. The predicted molar refractivity (Wildman–Crippen MR) is 128 cm³/mol. The second-order valence-corrected chi connectivity index (χ2v) is 9.28. The van der Waals surface area contributed by atoms with Gasteiger partial charge in [0.05, 0.1) is 23.4 Å². The Morgan fingerprint density at radius 3 is 2.34 bits per heavy atom. The lowest BCUT2D eigenvalue weighted by molar-refractivity contribution is -0.119. The molecule has 0 bridgehead atoms. The first-order chi connectivity index (χ1) is 15.4. The van der Waals surface area contributed by atoms with E-state index in [1.807, 2.05) is 31.2 Å². The van der Waals surface area contributed by atoms with Gasteiger partial charge in [-0.05, 0) is 49.4 Å². The van der Waals surface area contributed by atoms with Gasteiger partial charge in [0, 0.05) is 10.0 Å². The van der Waals surface area contributed by atoms with Crippen LogP contribution in [0.2, 0.25) is 0 Å². The number of carbonyl (C=O) groups is 1. The monoisotopic (exact) mass is 515 g/mol. The first kappa shape index (κ1) is 23.5. The number of hydrogen-bond acceptors (Lipinski definition) is 5. The molecule has 7 nitrogen and oxygen atoms in total. The summed E-state index contributed by atoms with van der Waals surface area (Å²) in [6.07, 6.45) is 1.48. The predicted octanol–water partition coefficient (Wildman–Crippen LogP) is 4.19. The van der Waals surface area contributed by atoms with Gasteiger partial charge in [-0.1, -0.05) is 52.3 Å². The van der Waals surface area contributed by atoms with Crippen LogP contribution < -0.4 is 14.5 Å². The van der Waals surface area contributed by atoms with Crippen molar-refractivity contribution in [3.05, 3.63) is 88.9 Å². The Morgan fingerprint density at radius 2 is 1.69 bits per heavy atom. The van der Waals surface area contributed by atoms with Crippen LogP contribution >= 0.6 is 15.9 Å². The molecular formula is C23H22BrN3O4S. The Balaban J connectivity index is 1.84. The summed E-state index contributed by atoms with van der Waals surface area (Å²) in [5, 5.41) is 3.95. The number of halogens is 1. The summed E-state index contributed by atoms with van der Waals surface area (Å²) in [6.45, 7) is 1.90. The SMILES string of the molecule is CCOc1ccc(N(CC(=O)N/N=C\c2ccccc2Br)S(=O)(=O)c2ccccc2)cc1. The molecule has 0 aromatic heterocycles. The largest absolute Gasteiger partial charge is 0.494 e. The van der Waals surface area contributed by atoms with E-state index >= 15 is 0 Å². The van der Waals surface area contributed by atoms with Crippen LogP contribution in [-0.2, 0) is 14.8 Å². The molecule has 3 rings (SSSR count). The summed E-state index contributed by atoms with van der Waals surface area (Å²) in [6, 6.07) is 21.9. The third kappa shape index (κ3) is 5.95. The maximum Gasteiger partial charge on any atom is 0.264 e. The molecule has 0 radical (unpaired) electrons. The summed E-state index contributed by atoms with van der Waals surface area (Å²) in [5.74, 6) is 0.0255. The second kappa shape index (κ2) is 10.9. The molecule has 0 saturated heterocycles. The van der Waals surface area contributed by atoms with Crippen molar-refractivity contribution in [1.29, 1.82) is 0 Å². The second-order valence-electron chi connectivity index (χ2n) is 6.57. The number of amides is 1. The molecule has 0 unspecified atom stereocenters. The van der Waals surface area contributed by atoms with Gasteiger partial charge in [0.15, 0.2) is 0 Å². The van der Waals surface area contributed by atoms with E-state index in [-0.39, 0.29) is 4.90 Å². The normalized spacial score (nSPS) is 11.3. The fraction of sp³-hybridized carbons (Fsp3) is 0.130. The van der Waals surface area contributed by atoms with E-state index < -0.39 is 22.5 Å². The van der Waals surface area contributed by atoms with Gasteiger partial charge < -0.3 is 4.74 Å². The number of ether oxygens (including phenoxy) is 1. The third-order valence-electron chi connectivity index (χ3n) is 4.35. The van der Waals surface area contributed by atoms with Crippen LogP contribution in [0.3, 0.4) is 0 Å². The zero-order valence-corrected chi connectivity index (χ0v) is 19.7. The molecule has 1 amide bonds. The highest BCUT2D eigenvalue weighted by Gasteiger charge is 2.27. The Hall–Kier alpha value is -3.17. The molecule has 3 aromatic rings. The molecular weight excluding hydrogens is 494 g/mol. The topological polar surface area (TPSA) is 88.1 Å². The lowest BCUT2D eigenvalue weighted by Crippen LogP contribution is -2.39. The maximum atomic E-state index is 13.3. The van der Waals surface area contributed by atoms with E-state index in [0.29, 0.717) is 18.0 Å². The molecule has 1 N–H and O–H groups in total. The number of nitrogens with one attached hydrogen (secondary N) is 1. The van der Waals surface area contributed by atoms with Crippen LogP contribution in [0.4, 0.5) is 5.69 Å². The highest BCUT2D eigenvalue weighted by molar-refractivity contribution is 9.10. The average molecular weight is 516 g/mol. The van der Waals surface area contributed by atoms with Crippen molar-refractivity contribution >= 4 is 43.8 Å². The average Bonchev–Trinajstić information content (AvgIpc) is 2.80. The molecule has 0 saturated carbocycles. The van der Waals surface area contributed by atoms with Crippen molar-refractivity contribution in [2.45, 2.75) is 11.8 Å². The van der Waals surface area contributed by atoms with E-state index in [0.717, 1.165) is 14.3 Å². The summed E-state index contributed by atoms with van der Waals surface area (Å²) in [5.41, 5.74) is 3.50. The maximum absolute atomic E-state index is 13.3. The van der Waals surface area contributed by atoms with Crippen LogP contribution in [-0.4, -0.2) is 33.7 Å². The highest BCUT2D eigenvalue weighted by Crippen LogP contribution is 2.25. The van der Waals surface area contributed by atoms with Gasteiger partial charge in [-0.15, -0.1) is 0 Å². The zero-order valence-electron chi connectivity index (χ0n) is 17.3. The van der Waals surface area contributed by atoms with Gasteiger partial charge in [0.2, 0.25) is 0 Å². The van der Waals surface area contributed by atoms with Crippen molar-refractivity contribution in [2.75, 3.05) is 17.5 Å². The molecule has 0 spiro atoms. The molecule has 32 heavy (non-hydrogen) atoms. The quantitative estimate of drug-likeness (QED) is 0.341. The molecule has 0 heterocycles. The lowest BCUT2D eigenvalue weighted by Gasteiger charge is -2.24. The van der Waals surface area contributed by atoms with Crippen LogP contribution in [0.15, 0.2) is 93.3 Å². The molecule has 0 aliphatic rings. The Morgan fingerprint density at radius 1 is 1.03 bits per heavy atom. The van der Waals surface area contributed by atoms with Crippen LogP contribution in [0.1, 0.15) is 12.5 Å². The highest BCUT2D eigenvalue weighted by atomic mass is 79.9. The van der Waals surface area contributed by atoms with E-state index in [1.54, 1.807) is 42.5 Å². The number of anilines is 1. The van der Waals surface area contributed by atoms with E-state index in [1.165, 1.54) is 18.3 Å². The number of sulfonamides is 1. The summed E-state index contributed by atoms with van der Waals surface area (Å²) < 4.78 is 33.9. The number of hydrazone groups is 1. The van der Waals surface area contributed by atoms with Gasteiger partial charge in [-0.3, -0.25) is 9.10 Å². The smallest absolute Gasteiger partial charge is 0.264 e. The van der Waals surface area contributed by atoms with E-state index in [2.05, 4.69) is 26.5 Å². The summed E-state index contributed by atoms with van der Waals surface area (Å²) in [7, 11) is -3.99. The molecule has 9 heteroatoms. The zero-order chi connectivity index (χ0) is 23.0. The fourth-order valence-electron chi connectivity index (χ4n) is 2.83. The molecule has 3 aromatic carbocycles. The van der Waals surface area contributed by atoms with Crippen LogP contribution in [0.5, 0.6) is 5.75 Å². The van der Waals surface area contributed by atoms with Crippen LogP contribution in [0.25, 0.3) is 0 Å². The first-order valence-corrected chi connectivity index (χ1v) is 12.0. The Bertz CT molecular complexity index is 1180. The van der Waals surface area contributed by atoms with Crippen molar-refractivity contribution in [2.24, 2.45) is 5.10 Å². The fourth-order valence-corrected chi connectivity index (χ4v) is 4.66. The molecule has 0 aliphatic heterocycles. The van der Waals surface area contributed by atoms with Crippen LogP contribution in [0, 0.1) is 0 Å². The van der Waals surface area contributed by atoms with Gasteiger partial charge in [0.25, 0.3) is 15.9 Å². The van der Waals surface area contributed by atoms with Crippen molar-refractivity contribution < 1.29 is 17.9 Å².